The van der Waals surface area contributed by atoms with Crippen molar-refractivity contribution >= 4 is 15.7 Å². The molecule has 2 rings (SSSR count). The van der Waals surface area contributed by atoms with Crippen molar-refractivity contribution in [2.45, 2.75) is 11.8 Å². The van der Waals surface area contributed by atoms with Crippen LogP contribution in [0.15, 0.2) is 47.4 Å². The highest BCUT2D eigenvalue weighted by Gasteiger charge is 2.17. The van der Waals surface area contributed by atoms with Crippen LogP contribution >= 0.6 is 0 Å². The van der Waals surface area contributed by atoms with E-state index in [1.54, 1.807) is 37.3 Å². The van der Waals surface area contributed by atoms with E-state index in [0.717, 1.165) is 0 Å². The van der Waals surface area contributed by atoms with Crippen molar-refractivity contribution in [1.29, 1.82) is 10.5 Å². The van der Waals surface area contributed by atoms with Crippen LogP contribution in [0.3, 0.4) is 0 Å². The molecule has 0 aliphatic heterocycles. The summed E-state index contributed by atoms with van der Waals surface area (Å²) in [7, 11) is -3.81. The molecule has 104 valence electrons. The normalized spacial score (nSPS) is 10.4. The van der Waals surface area contributed by atoms with Crippen LogP contribution in [0.4, 0.5) is 5.69 Å². The average Bonchev–Trinajstić information content (AvgIpc) is 2.47. The van der Waals surface area contributed by atoms with Gasteiger partial charge in [-0.25, -0.2) is 8.42 Å². The van der Waals surface area contributed by atoms with E-state index in [1.165, 1.54) is 12.1 Å². The van der Waals surface area contributed by atoms with Crippen LogP contribution in [-0.4, -0.2) is 8.42 Å². The van der Waals surface area contributed by atoms with Gasteiger partial charge >= 0.3 is 0 Å². The largest absolute Gasteiger partial charge is 0.280 e. The molecule has 0 spiro atoms. The molecule has 0 heterocycles. The lowest BCUT2D eigenvalue weighted by molar-refractivity contribution is 0.600. The molecule has 0 aromatic heterocycles. The van der Waals surface area contributed by atoms with Crippen molar-refractivity contribution in [3.63, 3.8) is 0 Å². The number of benzene rings is 2. The number of hydrogen-bond acceptors (Lipinski definition) is 4. The Hall–Kier alpha value is -2.83. The van der Waals surface area contributed by atoms with Crippen LogP contribution in [0.2, 0.25) is 0 Å². The molecule has 0 saturated heterocycles. The second kappa shape index (κ2) is 5.66. The molecule has 0 aliphatic carbocycles. The van der Waals surface area contributed by atoms with Gasteiger partial charge in [-0.2, -0.15) is 10.5 Å². The molecule has 2 aromatic rings. The molecule has 5 nitrogen and oxygen atoms in total. The highest BCUT2D eigenvalue weighted by atomic mass is 32.2. The molecule has 0 radical (unpaired) electrons. The predicted molar refractivity (Wildman–Crippen MR) is 77.9 cm³/mol. The Kier molecular flexibility index (Phi) is 3.93. The fraction of sp³-hybridized carbons (Fsp3) is 0.0667. The standard InChI is InChI=1S/C15H11N3O2S/c1-11-5-6-13(10-17)8-15(11)21(19,20)18-14-4-2-3-12(7-14)9-16/h2-8,18H,1H3. The zero-order valence-corrected chi connectivity index (χ0v) is 12.0. The number of nitrogens with zero attached hydrogens (tertiary/aromatic N) is 2. The lowest BCUT2D eigenvalue weighted by Gasteiger charge is -2.10. The summed E-state index contributed by atoms with van der Waals surface area (Å²) in [5, 5.41) is 17.7. The van der Waals surface area contributed by atoms with E-state index < -0.39 is 10.0 Å². The number of sulfonamides is 1. The Balaban J connectivity index is 2.44. The minimum Gasteiger partial charge on any atom is -0.280 e. The molecular formula is C15H11N3O2S. The number of anilines is 1. The topological polar surface area (TPSA) is 93.8 Å². The van der Waals surface area contributed by atoms with E-state index in [1.807, 2.05) is 12.1 Å². The van der Waals surface area contributed by atoms with E-state index >= 15 is 0 Å². The molecular weight excluding hydrogens is 286 g/mol. The first-order valence-electron chi connectivity index (χ1n) is 6.00. The third-order valence-electron chi connectivity index (χ3n) is 2.85. The van der Waals surface area contributed by atoms with Gasteiger partial charge in [0, 0.05) is 0 Å². The second-order valence-corrected chi connectivity index (χ2v) is 6.04. The first-order valence-corrected chi connectivity index (χ1v) is 7.48. The van der Waals surface area contributed by atoms with Gasteiger partial charge in [0.25, 0.3) is 10.0 Å². The van der Waals surface area contributed by atoms with Crippen molar-refractivity contribution in [1.82, 2.24) is 0 Å². The van der Waals surface area contributed by atoms with E-state index in [2.05, 4.69) is 4.72 Å². The molecule has 1 N–H and O–H groups in total. The van der Waals surface area contributed by atoms with Crippen molar-refractivity contribution < 1.29 is 8.42 Å². The second-order valence-electron chi connectivity index (χ2n) is 4.39. The van der Waals surface area contributed by atoms with Gasteiger partial charge in [0.15, 0.2) is 0 Å². The summed E-state index contributed by atoms with van der Waals surface area (Å²) in [5.41, 5.74) is 1.47. The van der Waals surface area contributed by atoms with Gasteiger partial charge in [-0.05, 0) is 42.8 Å². The molecule has 6 heteroatoms. The smallest absolute Gasteiger partial charge is 0.262 e. The van der Waals surface area contributed by atoms with E-state index in [-0.39, 0.29) is 10.5 Å². The lowest BCUT2D eigenvalue weighted by atomic mass is 10.2. The van der Waals surface area contributed by atoms with Gasteiger partial charge in [0.05, 0.1) is 33.8 Å². The third-order valence-corrected chi connectivity index (χ3v) is 4.37. The number of aryl methyl sites for hydroxylation is 1. The molecule has 2 aromatic carbocycles. The SMILES string of the molecule is Cc1ccc(C#N)cc1S(=O)(=O)Nc1cccc(C#N)c1. The van der Waals surface area contributed by atoms with Crippen LogP contribution in [-0.2, 0) is 10.0 Å². The van der Waals surface area contributed by atoms with Crippen molar-refractivity contribution in [2.75, 3.05) is 4.72 Å². The van der Waals surface area contributed by atoms with E-state index in [0.29, 0.717) is 16.8 Å². The van der Waals surface area contributed by atoms with E-state index in [9.17, 15) is 8.42 Å². The monoisotopic (exact) mass is 297 g/mol. The molecule has 0 fully saturated rings. The Morgan fingerprint density at radius 1 is 1.00 bits per heavy atom. The summed E-state index contributed by atoms with van der Waals surface area (Å²) in [5.74, 6) is 0. The van der Waals surface area contributed by atoms with Gasteiger partial charge in [-0.1, -0.05) is 12.1 Å². The molecule has 0 bridgehead atoms. The summed E-state index contributed by atoms with van der Waals surface area (Å²) in [6.07, 6.45) is 0. The molecule has 0 atom stereocenters. The summed E-state index contributed by atoms with van der Waals surface area (Å²) < 4.78 is 27.2. The van der Waals surface area contributed by atoms with E-state index in [4.69, 9.17) is 10.5 Å². The van der Waals surface area contributed by atoms with Gasteiger partial charge in [0.1, 0.15) is 0 Å². The molecule has 0 saturated carbocycles. The fourth-order valence-electron chi connectivity index (χ4n) is 1.82. The zero-order valence-electron chi connectivity index (χ0n) is 11.2. The molecule has 0 amide bonds. The fourth-order valence-corrected chi connectivity index (χ4v) is 3.14. The van der Waals surface area contributed by atoms with Gasteiger partial charge < -0.3 is 0 Å². The number of rotatable bonds is 3. The number of nitrogens with one attached hydrogen (secondary N) is 1. The maximum atomic E-state index is 12.4. The van der Waals surface area contributed by atoms with Crippen molar-refractivity contribution in [3.05, 3.63) is 59.2 Å². The van der Waals surface area contributed by atoms with Crippen LogP contribution < -0.4 is 4.72 Å². The zero-order chi connectivity index (χ0) is 15.5. The highest BCUT2D eigenvalue weighted by Crippen LogP contribution is 2.21. The Labute approximate surface area is 123 Å². The van der Waals surface area contributed by atoms with Crippen molar-refractivity contribution in [3.8, 4) is 12.1 Å². The maximum Gasteiger partial charge on any atom is 0.262 e. The summed E-state index contributed by atoms with van der Waals surface area (Å²) in [6, 6.07) is 14.5. The Bertz CT molecular complexity index is 875. The highest BCUT2D eigenvalue weighted by molar-refractivity contribution is 7.92. The number of nitriles is 2. The average molecular weight is 297 g/mol. The first-order chi connectivity index (χ1) is 9.96. The summed E-state index contributed by atoms with van der Waals surface area (Å²) in [6.45, 7) is 1.65. The lowest BCUT2D eigenvalue weighted by Crippen LogP contribution is -2.14. The maximum absolute atomic E-state index is 12.4. The third kappa shape index (κ3) is 3.19. The summed E-state index contributed by atoms with van der Waals surface area (Å²) >= 11 is 0. The van der Waals surface area contributed by atoms with Gasteiger partial charge in [-0.3, -0.25) is 4.72 Å². The van der Waals surface area contributed by atoms with Crippen LogP contribution in [0, 0.1) is 29.6 Å². The van der Waals surface area contributed by atoms with Gasteiger partial charge in [0.2, 0.25) is 0 Å². The minimum absolute atomic E-state index is 0.0453. The molecule has 21 heavy (non-hydrogen) atoms. The minimum atomic E-state index is -3.81. The molecule has 0 unspecified atom stereocenters. The predicted octanol–water partition coefficient (Wildman–Crippen LogP) is 2.54. The first kappa shape index (κ1) is 14.6. The quantitative estimate of drug-likeness (QED) is 0.942. The van der Waals surface area contributed by atoms with Crippen LogP contribution in [0.5, 0.6) is 0 Å². The Morgan fingerprint density at radius 3 is 2.33 bits per heavy atom. The van der Waals surface area contributed by atoms with Gasteiger partial charge in [-0.15, -0.1) is 0 Å². The molecule has 0 aliphatic rings. The number of hydrogen-bond donors (Lipinski definition) is 1. The Morgan fingerprint density at radius 2 is 1.67 bits per heavy atom. The van der Waals surface area contributed by atoms with Crippen LogP contribution in [0.25, 0.3) is 0 Å². The summed E-state index contributed by atoms with van der Waals surface area (Å²) in [4.78, 5) is 0.0453. The van der Waals surface area contributed by atoms with Crippen LogP contribution in [0.1, 0.15) is 16.7 Å². The van der Waals surface area contributed by atoms with Crippen molar-refractivity contribution in [2.24, 2.45) is 0 Å².